The number of allylic oxidation sites excluding steroid dienone is 3. The van der Waals surface area contributed by atoms with Gasteiger partial charge in [-0.1, -0.05) is 6.08 Å². The van der Waals surface area contributed by atoms with Gasteiger partial charge in [-0.3, -0.25) is 0 Å². The van der Waals surface area contributed by atoms with Gasteiger partial charge in [0.25, 0.3) is 0 Å². The first-order valence-electron chi connectivity index (χ1n) is 9.00. The van der Waals surface area contributed by atoms with Crippen molar-refractivity contribution in [1.82, 2.24) is 9.80 Å². The average Bonchev–Trinajstić information content (AvgIpc) is 3.27. The zero-order chi connectivity index (χ0) is 16.3. The van der Waals surface area contributed by atoms with Gasteiger partial charge in [-0.15, -0.1) is 11.3 Å². The Hall–Kier alpha value is -1.59. The minimum absolute atomic E-state index is 0.681. The van der Waals surface area contributed by atoms with E-state index in [0.717, 1.165) is 37.8 Å². The van der Waals surface area contributed by atoms with Crippen LogP contribution in [-0.2, 0) is 0 Å². The van der Waals surface area contributed by atoms with Gasteiger partial charge in [0.15, 0.2) is 0 Å². The van der Waals surface area contributed by atoms with E-state index in [2.05, 4.69) is 47.3 Å². The van der Waals surface area contributed by atoms with E-state index >= 15 is 0 Å². The summed E-state index contributed by atoms with van der Waals surface area (Å²) in [6.45, 7) is 6.53. The highest BCUT2D eigenvalue weighted by Crippen LogP contribution is 2.51. The van der Waals surface area contributed by atoms with Gasteiger partial charge in [-0.05, 0) is 44.9 Å². The molecule has 2 aliphatic carbocycles. The Balaban J connectivity index is 1.60. The number of piperazine rings is 1. The monoisotopic (exact) mass is 340 g/mol. The van der Waals surface area contributed by atoms with Gasteiger partial charge in [-0.2, -0.15) is 0 Å². The summed E-state index contributed by atoms with van der Waals surface area (Å²) < 4.78 is 0. The Bertz CT molecular complexity index is 764. The van der Waals surface area contributed by atoms with Crippen molar-refractivity contribution in [2.45, 2.75) is 19.8 Å². The van der Waals surface area contributed by atoms with Gasteiger partial charge < -0.3 is 15.1 Å². The van der Waals surface area contributed by atoms with E-state index in [1.165, 1.54) is 39.8 Å². The summed E-state index contributed by atoms with van der Waals surface area (Å²) in [5.41, 5.74) is 3.82. The van der Waals surface area contributed by atoms with Crippen LogP contribution in [0.15, 0.2) is 34.6 Å². The molecule has 2 aliphatic heterocycles. The second-order valence-electron chi connectivity index (χ2n) is 7.49. The standard InChI is InChI=1S/C19H24N4S/c1-12-10-15-18(23-8-6-22(2)7-9-23)20-16-5-3-4-13-11-14(13)17(16)21-19(15)24-12/h3,5,10,13-14,21H,4,6-9,11H2,1-2H3. The molecule has 5 rings (SSSR count). The van der Waals surface area contributed by atoms with Crippen molar-refractivity contribution < 1.29 is 0 Å². The highest BCUT2D eigenvalue weighted by molar-refractivity contribution is 7.16. The fourth-order valence-electron chi connectivity index (χ4n) is 4.08. The number of rotatable bonds is 0. The van der Waals surface area contributed by atoms with Crippen LogP contribution in [0.2, 0.25) is 0 Å². The SMILES string of the molecule is Cc1cc2c(s1)NC1=C(C=CCC3CC13)N=C2N1CCN(C)CC1. The van der Waals surface area contributed by atoms with Crippen LogP contribution in [0, 0.1) is 18.8 Å². The molecule has 0 spiro atoms. The minimum atomic E-state index is 0.681. The topological polar surface area (TPSA) is 30.9 Å². The molecule has 4 aliphatic rings. The van der Waals surface area contributed by atoms with Crippen molar-refractivity contribution in [2.24, 2.45) is 16.8 Å². The second kappa shape index (κ2) is 5.46. The number of likely N-dealkylation sites (N-methyl/N-ethyl adjacent to an activating group) is 1. The maximum Gasteiger partial charge on any atom is 0.139 e. The van der Waals surface area contributed by atoms with E-state index in [-0.39, 0.29) is 0 Å². The van der Waals surface area contributed by atoms with Gasteiger partial charge in [-0.25, -0.2) is 4.99 Å². The molecule has 5 heteroatoms. The zero-order valence-electron chi connectivity index (χ0n) is 14.4. The van der Waals surface area contributed by atoms with Crippen LogP contribution in [0.5, 0.6) is 0 Å². The molecule has 1 saturated heterocycles. The summed E-state index contributed by atoms with van der Waals surface area (Å²) in [5, 5.41) is 5.07. The van der Waals surface area contributed by atoms with Crippen molar-refractivity contribution in [3.63, 3.8) is 0 Å². The fourth-order valence-corrected chi connectivity index (χ4v) is 5.00. The fraction of sp³-hybridized carbons (Fsp3) is 0.526. The molecule has 24 heavy (non-hydrogen) atoms. The molecule has 0 amide bonds. The Morgan fingerprint density at radius 3 is 2.92 bits per heavy atom. The Morgan fingerprint density at radius 2 is 2.08 bits per heavy atom. The maximum absolute atomic E-state index is 5.20. The number of hydrogen-bond acceptors (Lipinski definition) is 5. The quantitative estimate of drug-likeness (QED) is 0.786. The number of thiophene rings is 1. The molecule has 4 nitrogen and oxygen atoms in total. The molecule has 0 aromatic carbocycles. The molecule has 126 valence electrons. The third-order valence-electron chi connectivity index (χ3n) is 5.66. The van der Waals surface area contributed by atoms with Crippen molar-refractivity contribution in [3.05, 3.63) is 40.1 Å². The van der Waals surface area contributed by atoms with Crippen LogP contribution in [0.4, 0.5) is 5.00 Å². The van der Waals surface area contributed by atoms with Crippen molar-refractivity contribution in [3.8, 4) is 0 Å². The van der Waals surface area contributed by atoms with E-state index in [0.29, 0.717) is 5.92 Å². The number of aryl methyl sites for hydroxylation is 1. The molecule has 3 heterocycles. The van der Waals surface area contributed by atoms with Crippen LogP contribution < -0.4 is 5.32 Å². The number of hydrogen-bond donors (Lipinski definition) is 1. The van der Waals surface area contributed by atoms with Crippen LogP contribution in [0.3, 0.4) is 0 Å². The smallest absolute Gasteiger partial charge is 0.139 e. The van der Waals surface area contributed by atoms with Crippen molar-refractivity contribution >= 4 is 22.2 Å². The summed E-state index contributed by atoms with van der Waals surface area (Å²) in [4.78, 5) is 11.4. The Morgan fingerprint density at radius 1 is 1.25 bits per heavy atom. The molecule has 1 aromatic heterocycles. The first-order valence-corrected chi connectivity index (χ1v) is 9.81. The largest absolute Gasteiger partial charge is 0.353 e. The van der Waals surface area contributed by atoms with Crippen LogP contribution in [0.25, 0.3) is 0 Å². The van der Waals surface area contributed by atoms with E-state index in [1.54, 1.807) is 0 Å². The molecule has 2 unspecified atom stereocenters. The van der Waals surface area contributed by atoms with E-state index in [9.17, 15) is 0 Å². The number of nitrogens with zero attached hydrogens (tertiary/aromatic N) is 3. The molecule has 1 saturated carbocycles. The van der Waals surface area contributed by atoms with Crippen molar-refractivity contribution in [2.75, 3.05) is 38.5 Å². The van der Waals surface area contributed by atoms with Gasteiger partial charge in [0.1, 0.15) is 10.8 Å². The molecule has 1 N–H and O–H groups in total. The number of nitrogens with one attached hydrogen (secondary N) is 1. The third kappa shape index (κ3) is 2.42. The molecule has 0 radical (unpaired) electrons. The van der Waals surface area contributed by atoms with Gasteiger partial charge in [0.05, 0.1) is 11.3 Å². The predicted octanol–water partition coefficient (Wildman–Crippen LogP) is 3.28. The van der Waals surface area contributed by atoms with Crippen LogP contribution >= 0.6 is 11.3 Å². The number of fused-ring (bicyclic) bond motifs is 3. The summed E-state index contributed by atoms with van der Waals surface area (Å²) >= 11 is 1.87. The molecule has 0 bridgehead atoms. The highest BCUT2D eigenvalue weighted by Gasteiger charge is 2.42. The van der Waals surface area contributed by atoms with Gasteiger partial charge >= 0.3 is 0 Å². The Kier molecular flexibility index (Phi) is 3.35. The molecule has 2 fully saturated rings. The number of aliphatic imine (C=N–C) groups is 1. The van der Waals surface area contributed by atoms with Crippen molar-refractivity contribution in [1.29, 1.82) is 0 Å². The van der Waals surface area contributed by atoms with E-state index < -0.39 is 0 Å². The average molecular weight is 340 g/mol. The normalized spacial score (nSPS) is 29.1. The lowest BCUT2D eigenvalue weighted by atomic mass is 10.2. The van der Waals surface area contributed by atoms with Crippen LogP contribution in [0.1, 0.15) is 23.3 Å². The molecule has 2 atom stereocenters. The first kappa shape index (κ1) is 14.7. The summed E-state index contributed by atoms with van der Waals surface area (Å²) in [5.74, 6) is 2.68. The van der Waals surface area contributed by atoms with E-state index in [1.807, 2.05) is 11.3 Å². The zero-order valence-corrected chi connectivity index (χ0v) is 15.2. The lowest BCUT2D eigenvalue weighted by molar-refractivity contribution is 0.216. The summed E-state index contributed by atoms with van der Waals surface area (Å²) in [6.07, 6.45) is 7.09. The Labute approximate surface area is 147 Å². The van der Waals surface area contributed by atoms with Crippen LogP contribution in [-0.4, -0.2) is 48.9 Å². The predicted molar refractivity (Wildman–Crippen MR) is 101 cm³/mol. The second-order valence-corrected chi connectivity index (χ2v) is 8.75. The number of amidine groups is 1. The molecular weight excluding hydrogens is 316 g/mol. The lowest BCUT2D eigenvalue weighted by Crippen LogP contribution is -2.47. The number of anilines is 1. The summed E-state index contributed by atoms with van der Waals surface area (Å²) in [6, 6.07) is 2.31. The van der Waals surface area contributed by atoms with Gasteiger partial charge in [0.2, 0.25) is 0 Å². The maximum atomic E-state index is 5.20. The molecular formula is C19H24N4S. The lowest BCUT2D eigenvalue weighted by Gasteiger charge is -2.34. The summed E-state index contributed by atoms with van der Waals surface area (Å²) in [7, 11) is 2.20. The minimum Gasteiger partial charge on any atom is -0.353 e. The van der Waals surface area contributed by atoms with E-state index in [4.69, 9.17) is 4.99 Å². The third-order valence-corrected chi connectivity index (χ3v) is 6.62. The highest BCUT2D eigenvalue weighted by atomic mass is 32.1. The van der Waals surface area contributed by atoms with Gasteiger partial charge in [0, 0.05) is 42.7 Å². The first-order chi connectivity index (χ1) is 11.7. The molecule has 1 aromatic rings.